The van der Waals surface area contributed by atoms with E-state index in [0.29, 0.717) is 34.9 Å². The molecule has 7 N–H and O–H groups in total. The van der Waals surface area contributed by atoms with Gasteiger partial charge >= 0.3 is 0 Å². The number of benzene rings is 2. The van der Waals surface area contributed by atoms with Crippen molar-refractivity contribution in [1.82, 2.24) is 10.3 Å². The Bertz CT molecular complexity index is 941. The average molecular weight is 501 g/mol. The molecule has 33 heavy (non-hydrogen) atoms. The van der Waals surface area contributed by atoms with E-state index in [0.717, 1.165) is 0 Å². The molecular formula is C21H30Cl2N6O4. The molecule has 0 spiro atoms. The summed E-state index contributed by atoms with van der Waals surface area (Å²) in [5.41, 5.74) is 9.41. The summed E-state index contributed by atoms with van der Waals surface area (Å²) < 4.78 is 11.2. The number of carbonyl (C=O) groups excluding carboxylic acids is 2. The molecule has 2 aromatic carbocycles. The maximum Gasteiger partial charge on any atom is 0.261 e. The van der Waals surface area contributed by atoms with Gasteiger partial charge in [-0.2, -0.15) is 0 Å². The van der Waals surface area contributed by atoms with Crippen molar-refractivity contribution in [3.05, 3.63) is 53.6 Å². The second-order valence-electron chi connectivity index (χ2n) is 6.79. The number of ether oxygens (including phenoxy) is 2. The Kier molecular flexibility index (Phi) is 12.7. The Labute approximate surface area is 205 Å². The third-order valence-electron chi connectivity index (χ3n) is 4.36. The molecule has 0 aliphatic carbocycles. The van der Waals surface area contributed by atoms with Crippen molar-refractivity contribution in [2.45, 2.75) is 13.0 Å². The monoisotopic (exact) mass is 500 g/mol. The van der Waals surface area contributed by atoms with Crippen LogP contribution in [0.1, 0.15) is 24.1 Å². The number of amides is 2. The number of hydrogen-bond acceptors (Lipinski definition) is 7. The number of nitrogens with two attached hydrogens (primary N) is 2. The number of amidine groups is 1. The van der Waals surface area contributed by atoms with E-state index in [1.165, 1.54) is 4.90 Å². The first-order valence-corrected chi connectivity index (χ1v) is 9.58. The molecule has 0 saturated carbocycles. The molecule has 2 amide bonds. The molecule has 0 aliphatic heterocycles. The molecule has 0 radical (unpaired) electrons. The van der Waals surface area contributed by atoms with Gasteiger partial charge in [0.05, 0.1) is 6.61 Å². The molecule has 0 heterocycles. The summed E-state index contributed by atoms with van der Waals surface area (Å²) in [4.78, 5) is 25.7. The average Bonchev–Trinajstić information content (AvgIpc) is 2.76. The maximum absolute atomic E-state index is 12.5. The highest BCUT2D eigenvalue weighted by molar-refractivity contribution is 5.95. The Morgan fingerprint density at radius 3 is 2.21 bits per heavy atom. The van der Waals surface area contributed by atoms with Crippen LogP contribution in [0.25, 0.3) is 0 Å². The summed E-state index contributed by atoms with van der Waals surface area (Å²) in [5.74, 6) is 5.46. The minimum absolute atomic E-state index is 0. The lowest BCUT2D eigenvalue weighted by Crippen LogP contribution is -2.37. The number of hydrazine groups is 1. The van der Waals surface area contributed by atoms with E-state index in [-0.39, 0.29) is 43.2 Å². The van der Waals surface area contributed by atoms with Crippen molar-refractivity contribution in [1.29, 1.82) is 5.41 Å². The lowest BCUT2D eigenvalue weighted by Gasteiger charge is -2.21. The molecule has 0 aromatic heterocycles. The van der Waals surface area contributed by atoms with Gasteiger partial charge in [-0.15, -0.1) is 24.8 Å². The predicted octanol–water partition coefficient (Wildman–Crippen LogP) is 1.82. The van der Waals surface area contributed by atoms with Crippen LogP contribution in [-0.4, -0.2) is 49.9 Å². The van der Waals surface area contributed by atoms with Crippen LogP contribution >= 0.6 is 24.8 Å². The van der Waals surface area contributed by atoms with Crippen molar-refractivity contribution >= 4 is 48.2 Å². The molecule has 182 valence electrons. The van der Waals surface area contributed by atoms with E-state index in [2.05, 4.69) is 10.7 Å². The van der Waals surface area contributed by atoms with Gasteiger partial charge in [0, 0.05) is 25.3 Å². The number of rotatable bonds is 10. The molecule has 10 nitrogen and oxygen atoms in total. The lowest BCUT2D eigenvalue weighted by molar-refractivity contribution is -0.130. The van der Waals surface area contributed by atoms with E-state index < -0.39 is 11.9 Å². The van der Waals surface area contributed by atoms with Gasteiger partial charge in [0.2, 0.25) is 0 Å². The molecule has 1 unspecified atom stereocenters. The van der Waals surface area contributed by atoms with Crippen molar-refractivity contribution in [2.24, 2.45) is 11.6 Å². The zero-order valence-corrected chi connectivity index (χ0v) is 20.2. The molecule has 1 atom stereocenters. The first-order valence-electron chi connectivity index (χ1n) is 9.58. The predicted molar refractivity (Wildman–Crippen MR) is 132 cm³/mol. The third-order valence-corrected chi connectivity index (χ3v) is 4.36. The van der Waals surface area contributed by atoms with E-state index >= 15 is 0 Å². The topological polar surface area (TPSA) is 156 Å². The van der Waals surface area contributed by atoms with Crippen molar-refractivity contribution in [2.75, 3.05) is 32.6 Å². The van der Waals surface area contributed by atoms with E-state index in [4.69, 9.17) is 26.5 Å². The minimum atomic E-state index is -0.829. The number of likely N-dealkylation sites (N-methyl/N-ethyl adjacent to an activating group) is 1. The first kappa shape index (κ1) is 29.8. The number of hydrogen-bond donors (Lipinski definition) is 5. The fourth-order valence-electron chi connectivity index (χ4n) is 2.66. The zero-order valence-electron chi connectivity index (χ0n) is 18.6. The Morgan fingerprint density at radius 2 is 1.70 bits per heavy atom. The van der Waals surface area contributed by atoms with Crippen LogP contribution in [0.15, 0.2) is 42.5 Å². The fraction of sp³-hybridized carbons (Fsp3) is 0.286. The van der Waals surface area contributed by atoms with Gasteiger partial charge in [-0.25, -0.2) is 5.84 Å². The minimum Gasteiger partial charge on any atom is -0.490 e. The van der Waals surface area contributed by atoms with Gasteiger partial charge in [-0.05, 0) is 48.9 Å². The normalized spacial score (nSPS) is 10.5. The quantitative estimate of drug-likeness (QED) is 0.109. The number of carbonyl (C=O) groups is 2. The molecule has 2 aromatic rings. The van der Waals surface area contributed by atoms with E-state index in [1.807, 2.05) is 6.92 Å². The lowest BCUT2D eigenvalue weighted by atomic mass is 10.0. The number of nitrogens with zero attached hydrogens (tertiary/aromatic N) is 1. The summed E-state index contributed by atoms with van der Waals surface area (Å²) in [6, 6.07) is 10.9. The van der Waals surface area contributed by atoms with Gasteiger partial charge in [0.25, 0.3) is 11.8 Å². The van der Waals surface area contributed by atoms with E-state index in [9.17, 15) is 9.59 Å². The van der Waals surface area contributed by atoms with Crippen LogP contribution in [0.4, 0.5) is 5.69 Å². The second kappa shape index (κ2) is 14.0. The standard InChI is InChI=1S/C21H28N6O4.2ClH/c1-4-30-17-11-14(7-10-16(17)31-12-18(28)27(2)3)19(21(29)26-24)25-15-8-5-13(6-9-15)20(22)23;;/h5-11,19,25H,4,12,24H2,1-3H3,(H3,22,23)(H,26,29);2*1H. The summed E-state index contributed by atoms with van der Waals surface area (Å²) in [6.45, 7) is 2.05. The van der Waals surface area contributed by atoms with Crippen molar-refractivity contribution in [3.8, 4) is 11.5 Å². The molecule has 2 rings (SSSR count). The van der Waals surface area contributed by atoms with Crippen molar-refractivity contribution < 1.29 is 19.1 Å². The maximum atomic E-state index is 12.5. The summed E-state index contributed by atoms with van der Waals surface area (Å²) in [5, 5.41) is 10.6. The molecule has 0 fully saturated rings. The molecule has 12 heteroatoms. The van der Waals surface area contributed by atoms with Crippen LogP contribution in [0.3, 0.4) is 0 Å². The first-order chi connectivity index (χ1) is 14.8. The second-order valence-corrected chi connectivity index (χ2v) is 6.79. The smallest absolute Gasteiger partial charge is 0.261 e. The third kappa shape index (κ3) is 8.33. The summed E-state index contributed by atoms with van der Waals surface area (Å²) >= 11 is 0. The Balaban J connectivity index is 0.00000512. The highest BCUT2D eigenvalue weighted by Gasteiger charge is 2.22. The van der Waals surface area contributed by atoms with Crippen LogP contribution in [0.5, 0.6) is 11.5 Å². The zero-order chi connectivity index (χ0) is 23.0. The molecule has 0 bridgehead atoms. The van der Waals surface area contributed by atoms with Crippen LogP contribution < -0.4 is 31.8 Å². The largest absolute Gasteiger partial charge is 0.490 e. The fourth-order valence-corrected chi connectivity index (χ4v) is 2.66. The molecule has 0 saturated heterocycles. The summed E-state index contributed by atoms with van der Waals surface area (Å²) in [7, 11) is 3.28. The molecular weight excluding hydrogens is 471 g/mol. The van der Waals surface area contributed by atoms with Gasteiger partial charge < -0.3 is 25.4 Å². The van der Waals surface area contributed by atoms with Crippen LogP contribution in [-0.2, 0) is 9.59 Å². The molecule has 0 aliphatic rings. The van der Waals surface area contributed by atoms with Gasteiger partial charge in [-0.1, -0.05) is 6.07 Å². The van der Waals surface area contributed by atoms with Gasteiger partial charge in [-0.3, -0.25) is 20.4 Å². The SMILES string of the molecule is CCOc1cc(C(Nc2ccc(C(=N)N)cc2)C(=O)NN)ccc1OCC(=O)N(C)C.Cl.Cl. The summed E-state index contributed by atoms with van der Waals surface area (Å²) in [6.07, 6.45) is 0. The highest BCUT2D eigenvalue weighted by Crippen LogP contribution is 2.32. The van der Waals surface area contributed by atoms with E-state index in [1.54, 1.807) is 56.6 Å². The number of nitrogen functional groups attached to an aromatic ring is 1. The number of anilines is 1. The Hall–Kier alpha value is -3.21. The Morgan fingerprint density at radius 1 is 1.06 bits per heavy atom. The van der Waals surface area contributed by atoms with Crippen LogP contribution in [0.2, 0.25) is 0 Å². The van der Waals surface area contributed by atoms with Gasteiger partial charge in [0.1, 0.15) is 11.9 Å². The highest BCUT2D eigenvalue weighted by atomic mass is 35.5. The van der Waals surface area contributed by atoms with Gasteiger partial charge in [0.15, 0.2) is 18.1 Å². The van der Waals surface area contributed by atoms with Crippen molar-refractivity contribution in [3.63, 3.8) is 0 Å². The number of nitrogens with one attached hydrogen (secondary N) is 3. The number of halogens is 2. The van der Waals surface area contributed by atoms with Crippen LogP contribution in [0, 0.1) is 5.41 Å².